The molecule has 6 nitrogen and oxygen atoms in total. The molecule has 0 radical (unpaired) electrons. The lowest BCUT2D eigenvalue weighted by Crippen LogP contribution is -2.41. The molecule has 1 aliphatic heterocycles. The SMILES string of the molecule is CN=C(NCCCN(C(C)C)C(C)C)NCc1ccc(N2CCC(C)CC2)nc1.I. The van der Waals surface area contributed by atoms with Crippen molar-refractivity contribution in [3.63, 3.8) is 0 Å². The van der Waals surface area contributed by atoms with E-state index in [1.54, 1.807) is 0 Å². The zero-order valence-corrected chi connectivity index (χ0v) is 22.1. The highest BCUT2D eigenvalue weighted by Crippen LogP contribution is 2.21. The van der Waals surface area contributed by atoms with Gasteiger partial charge in [0.1, 0.15) is 5.82 Å². The van der Waals surface area contributed by atoms with E-state index in [9.17, 15) is 0 Å². The third-order valence-corrected chi connectivity index (χ3v) is 5.81. The van der Waals surface area contributed by atoms with Crippen LogP contribution in [0.1, 0.15) is 59.4 Å². The molecule has 1 saturated heterocycles. The zero-order valence-electron chi connectivity index (χ0n) is 19.8. The fourth-order valence-corrected chi connectivity index (χ4v) is 3.93. The lowest BCUT2D eigenvalue weighted by atomic mass is 9.99. The summed E-state index contributed by atoms with van der Waals surface area (Å²) in [5.74, 6) is 2.79. The highest BCUT2D eigenvalue weighted by molar-refractivity contribution is 14.0. The highest BCUT2D eigenvalue weighted by Gasteiger charge is 2.16. The Hall–Kier alpha value is -1.09. The molecule has 0 saturated carbocycles. The van der Waals surface area contributed by atoms with Crippen LogP contribution >= 0.6 is 24.0 Å². The van der Waals surface area contributed by atoms with Crippen molar-refractivity contribution in [2.24, 2.45) is 10.9 Å². The Kier molecular flexibility index (Phi) is 12.6. The minimum atomic E-state index is 0. The monoisotopic (exact) mass is 530 g/mol. The van der Waals surface area contributed by atoms with Gasteiger partial charge < -0.3 is 15.5 Å². The lowest BCUT2D eigenvalue weighted by molar-refractivity contribution is 0.173. The molecule has 0 aromatic carbocycles. The molecule has 0 atom stereocenters. The van der Waals surface area contributed by atoms with E-state index in [1.165, 1.54) is 18.4 Å². The number of guanidine groups is 1. The number of nitrogens with zero attached hydrogens (tertiary/aromatic N) is 4. The van der Waals surface area contributed by atoms with Gasteiger partial charge in [-0.2, -0.15) is 0 Å². The summed E-state index contributed by atoms with van der Waals surface area (Å²) in [5, 5.41) is 6.82. The van der Waals surface area contributed by atoms with Crippen molar-refractivity contribution >= 4 is 35.8 Å². The third kappa shape index (κ3) is 8.96. The van der Waals surface area contributed by atoms with Crippen molar-refractivity contribution in [2.75, 3.05) is 38.1 Å². The maximum Gasteiger partial charge on any atom is 0.191 e. The lowest BCUT2D eigenvalue weighted by Gasteiger charge is -2.31. The largest absolute Gasteiger partial charge is 0.357 e. The minimum absolute atomic E-state index is 0. The Morgan fingerprint density at radius 1 is 1.17 bits per heavy atom. The number of halogens is 1. The zero-order chi connectivity index (χ0) is 21.2. The molecule has 1 aromatic rings. The van der Waals surface area contributed by atoms with Crippen LogP contribution in [0.3, 0.4) is 0 Å². The van der Waals surface area contributed by atoms with Gasteiger partial charge in [0.05, 0.1) is 0 Å². The number of aromatic nitrogens is 1. The number of nitrogens with one attached hydrogen (secondary N) is 2. The van der Waals surface area contributed by atoms with Gasteiger partial charge in [0.2, 0.25) is 0 Å². The fraction of sp³-hybridized carbons (Fsp3) is 0.739. The van der Waals surface area contributed by atoms with Crippen LogP contribution in [-0.2, 0) is 6.54 Å². The van der Waals surface area contributed by atoms with Gasteiger partial charge in [-0.05, 0) is 64.5 Å². The van der Waals surface area contributed by atoms with E-state index in [2.05, 4.69) is 77.2 Å². The molecular weight excluding hydrogens is 487 g/mol. The van der Waals surface area contributed by atoms with E-state index in [4.69, 9.17) is 0 Å². The molecule has 30 heavy (non-hydrogen) atoms. The van der Waals surface area contributed by atoms with Crippen LogP contribution in [0, 0.1) is 5.92 Å². The molecule has 172 valence electrons. The van der Waals surface area contributed by atoms with E-state index in [1.807, 2.05) is 13.2 Å². The molecule has 1 aromatic heterocycles. The highest BCUT2D eigenvalue weighted by atomic mass is 127. The Bertz CT molecular complexity index is 601. The summed E-state index contributed by atoms with van der Waals surface area (Å²) >= 11 is 0. The molecule has 1 fully saturated rings. The molecule has 1 aliphatic rings. The van der Waals surface area contributed by atoms with Gasteiger partial charge in [-0.1, -0.05) is 13.0 Å². The van der Waals surface area contributed by atoms with Crippen molar-refractivity contribution in [2.45, 2.75) is 72.5 Å². The second kappa shape index (κ2) is 14.1. The molecule has 0 unspecified atom stereocenters. The Morgan fingerprint density at radius 2 is 1.83 bits per heavy atom. The maximum absolute atomic E-state index is 4.68. The first-order valence-corrected chi connectivity index (χ1v) is 11.3. The number of aliphatic imine (C=N–C) groups is 1. The van der Waals surface area contributed by atoms with Crippen LogP contribution in [0.2, 0.25) is 0 Å². The van der Waals surface area contributed by atoms with Gasteiger partial charge in [-0.25, -0.2) is 4.98 Å². The van der Waals surface area contributed by atoms with Crippen molar-refractivity contribution < 1.29 is 0 Å². The summed E-state index contributed by atoms with van der Waals surface area (Å²) < 4.78 is 0. The molecule has 0 bridgehead atoms. The van der Waals surface area contributed by atoms with Crippen LogP contribution in [-0.4, -0.2) is 61.2 Å². The number of pyridine rings is 1. The van der Waals surface area contributed by atoms with Gasteiger partial charge in [0.25, 0.3) is 0 Å². The van der Waals surface area contributed by atoms with E-state index < -0.39 is 0 Å². The number of hydrogen-bond donors (Lipinski definition) is 2. The molecule has 0 amide bonds. The quantitative estimate of drug-likeness (QED) is 0.218. The second-order valence-corrected chi connectivity index (χ2v) is 8.83. The normalized spacial score (nSPS) is 15.6. The fourth-order valence-electron chi connectivity index (χ4n) is 3.93. The summed E-state index contributed by atoms with van der Waals surface area (Å²) in [6, 6.07) is 5.48. The summed E-state index contributed by atoms with van der Waals surface area (Å²) in [6.07, 6.45) is 5.61. The van der Waals surface area contributed by atoms with Gasteiger partial charge in [0.15, 0.2) is 5.96 Å². The van der Waals surface area contributed by atoms with Crippen LogP contribution in [0.5, 0.6) is 0 Å². The topological polar surface area (TPSA) is 55.8 Å². The van der Waals surface area contributed by atoms with E-state index >= 15 is 0 Å². The molecule has 7 heteroatoms. The first-order chi connectivity index (χ1) is 13.9. The summed E-state index contributed by atoms with van der Waals surface area (Å²) in [7, 11) is 1.82. The Balaban J connectivity index is 0.00000450. The van der Waals surface area contributed by atoms with E-state index in [0.29, 0.717) is 12.1 Å². The van der Waals surface area contributed by atoms with Crippen LogP contribution in [0.15, 0.2) is 23.3 Å². The average Bonchev–Trinajstić information content (AvgIpc) is 2.70. The summed E-state index contributed by atoms with van der Waals surface area (Å²) in [4.78, 5) is 13.9. The van der Waals surface area contributed by atoms with Gasteiger partial charge in [-0.3, -0.25) is 9.89 Å². The predicted octanol–water partition coefficient (Wildman–Crippen LogP) is 4.11. The standard InChI is InChI=1S/C23H42N6.HI/c1-18(2)29(19(3)4)13-7-12-25-23(24-6)27-17-21-8-9-22(26-16-21)28-14-10-20(5)11-15-28;/h8-9,16,18-20H,7,10-15,17H2,1-6H3,(H2,24,25,27);1H. The molecule has 0 aliphatic carbocycles. The smallest absolute Gasteiger partial charge is 0.191 e. The van der Waals surface area contributed by atoms with Crippen molar-refractivity contribution in [3.8, 4) is 0 Å². The number of anilines is 1. The maximum atomic E-state index is 4.68. The van der Waals surface area contributed by atoms with Gasteiger partial charge in [0, 0.05) is 58.1 Å². The molecule has 2 rings (SSSR count). The Labute approximate surface area is 201 Å². The molecule has 2 N–H and O–H groups in total. The summed E-state index contributed by atoms with van der Waals surface area (Å²) in [6.45, 7) is 16.4. The van der Waals surface area contributed by atoms with Crippen molar-refractivity contribution in [1.82, 2.24) is 20.5 Å². The molecular formula is C23H43IN6. The first kappa shape index (κ1) is 26.9. The summed E-state index contributed by atoms with van der Waals surface area (Å²) in [5.41, 5.74) is 1.17. The molecule has 2 heterocycles. The third-order valence-electron chi connectivity index (χ3n) is 5.81. The van der Waals surface area contributed by atoms with Crippen LogP contribution in [0.25, 0.3) is 0 Å². The predicted molar refractivity (Wildman–Crippen MR) is 140 cm³/mol. The second-order valence-electron chi connectivity index (χ2n) is 8.83. The average molecular weight is 531 g/mol. The van der Waals surface area contributed by atoms with Crippen molar-refractivity contribution in [3.05, 3.63) is 23.9 Å². The number of piperidine rings is 1. The Morgan fingerprint density at radius 3 is 2.37 bits per heavy atom. The van der Waals surface area contributed by atoms with Gasteiger partial charge in [-0.15, -0.1) is 24.0 Å². The van der Waals surface area contributed by atoms with Crippen LogP contribution < -0.4 is 15.5 Å². The van der Waals surface area contributed by atoms with E-state index in [0.717, 1.165) is 56.8 Å². The van der Waals surface area contributed by atoms with Gasteiger partial charge >= 0.3 is 0 Å². The number of hydrogen-bond acceptors (Lipinski definition) is 4. The van der Waals surface area contributed by atoms with Crippen LogP contribution in [0.4, 0.5) is 5.82 Å². The minimum Gasteiger partial charge on any atom is -0.357 e. The first-order valence-electron chi connectivity index (χ1n) is 11.3. The van der Waals surface area contributed by atoms with E-state index in [-0.39, 0.29) is 24.0 Å². The van der Waals surface area contributed by atoms with Crippen molar-refractivity contribution in [1.29, 1.82) is 0 Å². The number of rotatable bonds is 9. The molecule has 0 spiro atoms.